The molecule has 0 unspecified atom stereocenters. The van der Waals surface area contributed by atoms with Gasteiger partial charge in [-0.1, -0.05) is 42.5 Å². The maximum absolute atomic E-state index is 12.1. The van der Waals surface area contributed by atoms with E-state index in [0.717, 1.165) is 15.6 Å². The molecule has 3 rings (SSSR count). The van der Waals surface area contributed by atoms with E-state index in [4.69, 9.17) is 10.5 Å². The Morgan fingerprint density at radius 2 is 1.70 bits per heavy atom. The standard InChI is InChI=1S/C21H17BrN2O3/c22-18-12-15(14-5-2-1-3-6-14)9-10-19(18)27-13-20(25)24-17-8-4-7-16(11-17)21(23)26/h1-12H,13H2,(H2,23,26)(H,24,25). The molecule has 0 fully saturated rings. The Kier molecular flexibility index (Phi) is 5.88. The molecule has 0 atom stereocenters. The molecule has 0 spiro atoms. The van der Waals surface area contributed by atoms with Crippen LogP contribution in [-0.4, -0.2) is 18.4 Å². The van der Waals surface area contributed by atoms with E-state index in [9.17, 15) is 9.59 Å². The van der Waals surface area contributed by atoms with Gasteiger partial charge in [-0.2, -0.15) is 0 Å². The second kappa shape index (κ2) is 8.51. The smallest absolute Gasteiger partial charge is 0.262 e. The van der Waals surface area contributed by atoms with Gasteiger partial charge in [0.05, 0.1) is 4.47 Å². The van der Waals surface area contributed by atoms with Crippen molar-refractivity contribution in [3.05, 3.63) is 82.8 Å². The first-order valence-electron chi connectivity index (χ1n) is 8.20. The first-order valence-corrected chi connectivity index (χ1v) is 9.00. The minimum Gasteiger partial charge on any atom is -0.483 e. The molecule has 3 aromatic carbocycles. The van der Waals surface area contributed by atoms with E-state index in [1.807, 2.05) is 48.5 Å². The number of hydrogen-bond acceptors (Lipinski definition) is 3. The Bertz CT molecular complexity index is 974. The largest absolute Gasteiger partial charge is 0.483 e. The number of carbonyl (C=O) groups excluding carboxylic acids is 2. The molecule has 3 N–H and O–H groups in total. The lowest BCUT2D eigenvalue weighted by Crippen LogP contribution is -2.20. The van der Waals surface area contributed by atoms with Crippen molar-refractivity contribution in [3.63, 3.8) is 0 Å². The number of rotatable bonds is 6. The monoisotopic (exact) mass is 424 g/mol. The number of carbonyl (C=O) groups is 2. The highest BCUT2D eigenvalue weighted by atomic mass is 79.9. The van der Waals surface area contributed by atoms with Gasteiger partial charge in [-0.15, -0.1) is 0 Å². The summed E-state index contributed by atoms with van der Waals surface area (Å²) in [6, 6.07) is 22.1. The summed E-state index contributed by atoms with van der Waals surface area (Å²) in [5, 5.41) is 2.68. The van der Waals surface area contributed by atoms with Crippen molar-refractivity contribution in [2.75, 3.05) is 11.9 Å². The van der Waals surface area contributed by atoms with E-state index in [1.165, 1.54) is 6.07 Å². The second-order valence-corrected chi connectivity index (χ2v) is 6.65. The fourth-order valence-corrected chi connectivity index (χ4v) is 3.01. The molecule has 0 aliphatic rings. The predicted octanol–water partition coefficient (Wildman–Crippen LogP) is 4.23. The molecule has 0 aliphatic heterocycles. The molecule has 0 heterocycles. The number of nitrogens with two attached hydrogens (primary N) is 1. The van der Waals surface area contributed by atoms with Crippen molar-refractivity contribution in [1.29, 1.82) is 0 Å². The summed E-state index contributed by atoms with van der Waals surface area (Å²) in [6.07, 6.45) is 0. The predicted molar refractivity (Wildman–Crippen MR) is 109 cm³/mol. The van der Waals surface area contributed by atoms with Gasteiger partial charge in [0.25, 0.3) is 5.91 Å². The van der Waals surface area contributed by atoms with Crippen LogP contribution < -0.4 is 15.8 Å². The van der Waals surface area contributed by atoms with Crippen LogP contribution in [0.25, 0.3) is 11.1 Å². The Labute approximate surface area is 165 Å². The molecule has 0 saturated heterocycles. The molecule has 136 valence electrons. The van der Waals surface area contributed by atoms with Crippen LogP contribution in [0.15, 0.2) is 77.3 Å². The minimum absolute atomic E-state index is 0.163. The zero-order chi connectivity index (χ0) is 19.2. The average molecular weight is 425 g/mol. The normalized spacial score (nSPS) is 10.3. The molecule has 0 radical (unpaired) electrons. The van der Waals surface area contributed by atoms with E-state index < -0.39 is 5.91 Å². The molecule has 3 aromatic rings. The SMILES string of the molecule is NC(=O)c1cccc(NC(=O)COc2ccc(-c3ccccc3)cc2Br)c1. The van der Waals surface area contributed by atoms with Gasteiger partial charge in [-0.3, -0.25) is 9.59 Å². The van der Waals surface area contributed by atoms with Crippen molar-refractivity contribution in [2.24, 2.45) is 5.73 Å². The highest BCUT2D eigenvalue weighted by molar-refractivity contribution is 9.10. The summed E-state index contributed by atoms with van der Waals surface area (Å²) in [4.78, 5) is 23.3. The number of hydrogen-bond donors (Lipinski definition) is 2. The summed E-state index contributed by atoms with van der Waals surface area (Å²) >= 11 is 3.48. The van der Waals surface area contributed by atoms with Crippen molar-refractivity contribution in [3.8, 4) is 16.9 Å². The van der Waals surface area contributed by atoms with Gasteiger partial charge in [-0.25, -0.2) is 0 Å². The summed E-state index contributed by atoms with van der Waals surface area (Å²) in [7, 11) is 0. The fraction of sp³-hybridized carbons (Fsp3) is 0.0476. The fourth-order valence-electron chi connectivity index (χ4n) is 2.52. The Hall–Kier alpha value is -3.12. The van der Waals surface area contributed by atoms with Gasteiger partial charge < -0.3 is 15.8 Å². The number of halogens is 1. The number of benzene rings is 3. The molecule has 27 heavy (non-hydrogen) atoms. The Balaban J connectivity index is 1.62. The first-order chi connectivity index (χ1) is 13.0. The summed E-state index contributed by atoms with van der Waals surface area (Å²) in [5.74, 6) is -0.323. The molecule has 6 heteroatoms. The van der Waals surface area contributed by atoms with Gasteiger partial charge in [0.1, 0.15) is 5.75 Å². The maximum Gasteiger partial charge on any atom is 0.262 e. The molecule has 2 amide bonds. The summed E-state index contributed by atoms with van der Waals surface area (Å²) < 4.78 is 6.35. The van der Waals surface area contributed by atoms with Crippen molar-refractivity contribution < 1.29 is 14.3 Å². The van der Waals surface area contributed by atoms with Crippen LogP contribution in [0.1, 0.15) is 10.4 Å². The van der Waals surface area contributed by atoms with Crippen LogP contribution >= 0.6 is 15.9 Å². The molecule has 0 aliphatic carbocycles. The van der Waals surface area contributed by atoms with Gasteiger partial charge in [0.2, 0.25) is 5.91 Å². The van der Waals surface area contributed by atoms with Gasteiger partial charge in [0.15, 0.2) is 6.61 Å². The number of anilines is 1. The lowest BCUT2D eigenvalue weighted by Gasteiger charge is -2.11. The minimum atomic E-state index is -0.551. The van der Waals surface area contributed by atoms with Crippen LogP contribution in [0.5, 0.6) is 5.75 Å². The van der Waals surface area contributed by atoms with Crippen molar-refractivity contribution >= 4 is 33.4 Å². The molecular formula is C21H17BrN2O3. The van der Waals surface area contributed by atoms with Gasteiger partial charge in [-0.05, 0) is 57.4 Å². The lowest BCUT2D eigenvalue weighted by molar-refractivity contribution is -0.118. The second-order valence-electron chi connectivity index (χ2n) is 5.79. The maximum atomic E-state index is 12.1. The van der Waals surface area contributed by atoms with Crippen LogP contribution in [0.2, 0.25) is 0 Å². The number of ether oxygens (including phenoxy) is 1. The van der Waals surface area contributed by atoms with E-state index >= 15 is 0 Å². The Morgan fingerprint density at radius 3 is 2.41 bits per heavy atom. The molecule has 0 saturated carbocycles. The van der Waals surface area contributed by atoms with E-state index in [-0.39, 0.29) is 12.5 Å². The molecule has 0 bridgehead atoms. The average Bonchev–Trinajstić information content (AvgIpc) is 2.68. The number of nitrogens with one attached hydrogen (secondary N) is 1. The van der Waals surface area contributed by atoms with E-state index in [0.29, 0.717) is 17.0 Å². The van der Waals surface area contributed by atoms with Crippen molar-refractivity contribution in [2.45, 2.75) is 0 Å². The van der Waals surface area contributed by atoms with E-state index in [2.05, 4.69) is 21.2 Å². The zero-order valence-corrected chi connectivity index (χ0v) is 15.9. The molecule has 5 nitrogen and oxygen atoms in total. The third-order valence-electron chi connectivity index (χ3n) is 3.83. The van der Waals surface area contributed by atoms with Crippen LogP contribution in [0, 0.1) is 0 Å². The first kappa shape index (κ1) is 18.7. The van der Waals surface area contributed by atoms with Gasteiger partial charge in [0, 0.05) is 11.3 Å². The number of amides is 2. The third kappa shape index (κ3) is 4.95. The summed E-state index contributed by atoms with van der Waals surface area (Å²) in [5.41, 5.74) is 8.19. The molecule has 0 aromatic heterocycles. The molecular weight excluding hydrogens is 408 g/mol. The lowest BCUT2D eigenvalue weighted by atomic mass is 10.1. The van der Waals surface area contributed by atoms with Gasteiger partial charge >= 0.3 is 0 Å². The van der Waals surface area contributed by atoms with Crippen LogP contribution in [0.3, 0.4) is 0 Å². The topological polar surface area (TPSA) is 81.4 Å². The quantitative estimate of drug-likeness (QED) is 0.620. The highest BCUT2D eigenvalue weighted by Crippen LogP contribution is 2.30. The summed E-state index contributed by atoms with van der Waals surface area (Å²) in [6.45, 7) is -0.163. The van der Waals surface area contributed by atoms with Crippen molar-refractivity contribution in [1.82, 2.24) is 0 Å². The Morgan fingerprint density at radius 1 is 0.926 bits per heavy atom. The van der Waals surface area contributed by atoms with Crippen LogP contribution in [0.4, 0.5) is 5.69 Å². The van der Waals surface area contributed by atoms with Crippen LogP contribution in [-0.2, 0) is 4.79 Å². The van der Waals surface area contributed by atoms with E-state index in [1.54, 1.807) is 18.2 Å². The number of primary amides is 1. The zero-order valence-electron chi connectivity index (χ0n) is 14.3. The third-order valence-corrected chi connectivity index (χ3v) is 4.45. The highest BCUT2D eigenvalue weighted by Gasteiger charge is 2.09.